The molecular weight excluding hydrogens is 251 g/mol. The summed E-state index contributed by atoms with van der Waals surface area (Å²) in [5.41, 5.74) is 0.310. The zero-order chi connectivity index (χ0) is 12.1. The normalized spacial score (nSPS) is 12.2. The summed E-state index contributed by atoms with van der Waals surface area (Å²) in [4.78, 5) is 15.5. The van der Waals surface area contributed by atoms with Crippen LogP contribution >= 0.6 is 23.2 Å². The predicted octanol–water partition coefficient (Wildman–Crippen LogP) is 2.15. The quantitative estimate of drug-likeness (QED) is 0.847. The van der Waals surface area contributed by atoms with Crippen molar-refractivity contribution in [2.24, 2.45) is 0 Å². The van der Waals surface area contributed by atoms with E-state index in [-0.39, 0.29) is 22.2 Å². The number of carbonyl (C=O) groups is 1. The second-order valence-electron chi connectivity index (χ2n) is 3.24. The Labute approximate surface area is 104 Å². The number of nitrogens with one attached hydrogen (secondary N) is 1. The fourth-order valence-corrected chi connectivity index (χ4v) is 1.35. The first-order chi connectivity index (χ1) is 7.54. The zero-order valence-electron chi connectivity index (χ0n) is 8.96. The third-order valence-electron chi connectivity index (χ3n) is 2.02. The average molecular weight is 263 g/mol. The van der Waals surface area contributed by atoms with Gasteiger partial charge in [0.25, 0.3) is 5.91 Å². The number of carbonyl (C=O) groups excluding carboxylic acids is 1. The standard InChI is InChI=1S/C10H12Cl2N2O2/c1-6(16-2)4-14-10(15)7-3-9(12)13-5-8(7)11/h3,5-6H,4H2,1-2H3,(H,14,15). The van der Waals surface area contributed by atoms with Crippen molar-refractivity contribution in [3.05, 3.63) is 28.0 Å². The van der Waals surface area contributed by atoms with Crippen molar-refractivity contribution in [2.45, 2.75) is 13.0 Å². The van der Waals surface area contributed by atoms with Crippen molar-refractivity contribution in [3.63, 3.8) is 0 Å². The summed E-state index contributed by atoms with van der Waals surface area (Å²) in [6.07, 6.45) is 1.29. The summed E-state index contributed by atoms with van der Waals surface area (Å²) in [6.45, 7) is 2.26. The molecule has 0 aliphatic rings. The molecule has 0 aliphatic carbocycles. The smallest absolute Gasteiger partial charge is 0.253 e. The van der Waals surface area contributed by atoms with E-state index in [1.54, 1.807) is 7.11 Å². The van der Waals surface area contributed by atoms with Crippen LogP contribution in [0, 0.1) is 0 Å². The van der Waals surface area contributed by atoms with E-state index in [9.17, 15) is 4.79 Å². The van der Waals surface area contributed by atoms with Crippen LogP contribution in [-0.2, 0) is 4.74 Å². The molecule has 4 nitrogen and oxygen atoms in total. The molecule has 0 fully saturated rings. The van der Waals surface area contributed by atoms with E-state index in [4.69, 9.17) is 27.9 Å². The van der Waals surface area contributed by atoms with Crippen LogP contribution in [0.25, 0.3) is 0 Å². The molecule has 1 atom stereocenters. The van der Waals surface area contributed by atoms with Gasteiger partial charge in [-0.2, -0.15) is 0 Å². The summed E-state index contributed by atoms with van der Waals surface area (Å²) >= 11 is 11.5. The molecule has 1 aromatic rings. The van der Waals surface area contributed by atoms with Crippen LogP contribution in [0.1, 0.15) is 17.3 Å². The molecule has 1 unspecified atom stereocenters. The van der Waals surface area contributed by atoms with Gasteiger partial charge in [0.1, 0.15) is 5.15 Å². The molecule has 0 saturated heterocycles. The summed E-state index contributed by atoms with van der Waals surface area (Å²) < 4.78 is 5.00. The van der Waals surface area contributed by atoms with Gasteiger partial charge in [-0.25, -0.2) is 4.98 Å². The van der Waals surface area contributed by atoms with Gasteiger partial charge in [-0.15, -0.1) is 0 Å². The lowest BCUT2D eigenvalue weighted by Gasteiger charge is -2.11. The Morgan fingerprint density at radius 1 is 1.62 bits per heavy atom. The van der Waals surface area contributed by atoms with Crippen molar-refractivity contribution in [1.82, 2.24) is 10.3 Å². The van der Waals surface area contributed by atoms with Crippen LogP contribution in [-0.4, -0.2) is 30.6 Å². The molecule has 0 aromatic carbocycles. The van der Waals surface area contributed by atoms with E-state index >= 15 is 0 Å². The molecule has 1 rings (SSSR count). The number of pyridine rings is 1. The van der Waals surface area contributed by atoms with Gasteiger partial charge >= 0.3 is 0 Å². The van der Waals surface area contributed by atoms with E-state index in [0.717, 1.165) is 0 Å². The Hall–Kier alpha value is -0.840. The zero-order valence-corrected chi connectivity index (χ0v) is 10.5. The number of aromatic nitrogens is 1. The fourth-order valence-electron chi connectivity index (χ4n) is 1.00. The predicted molar refractivity (Wildman–Crippen MR) is 63.1 cm³/mol. The number of halogens is 2. The van der Waals surface area contributed by atoms with Crippen LogP contribution in [0.5, 0.6) is 0 Å². The number of methoxy groups -OCH3 is 1. The summed E-state index contributed by atoms with van der Waals surface area (Å²) in [6, 6.07) is 1.43. The number of ether oxygens (including phenoxy) is 1. The molecule has 1 N–H and O–H groups in total. The topological polar surface area (TPSA) is 51.2 Å². The minimum absolute atomic E-state index is 0.0555. The number of hydrogen-bond donors (Lipinski definition) is 1. The Kier molecular flexibility index (Phi) is 4.99. The van der Waals surface area contributed by atoms with E-state index in [1.807, 2.05) is 6.92 Å². The maximum Gasteiger partial charge on any atom is 0.253 e. The van der Waals surface area contributed by atoms with Gasteiger partial charge in [0.2, 0.25) is 0 Å². The first-order valence-corrected chi connectivity index (χ1v) is 5.42. The lowest BCUT2D eigenvalue weighted by molar-refractivity contribution is 0.0870. The fraction of sp³-hybridized carbons (Fsp3) is 0.400. The molecule has 0 saturated carbocycles. The average Bonchev–Trinajstić information content (AvgIpc) is 2.28. The Balaban J connectivity index is 2.69. The first-order valence-electron chi connectivity index (χ1n) is 4.66. The monoisotopic (exact) mass is 262 g/mol. The third kappa shape index (κ3) is 3.63. The molecule has 0 spiro atoms. The van der Waals surface area contributed by atoms with Crippen molar-refractivity contribution in [1.29, 1.82) is 0 Å². The largest absolute Gasteiger partial charge is 0.380 e. The number of rotatable bonds is 4. The van der Waals surface area contributed by atoms with Crippen molar-refractivity contribution < 1.29 is 9.53 Å². The van der Waals surface area contributed by atoms with Crippen molar-refractivity contribution in [2.75, 3.05) is 13.7 Å². The second-order valence-corrected chi connectivity index (χ2v) is 4.04. The maximum absolute atomic E-state index is 11.7. The molecule has 0 bridgehead atoms. The number of hydrogen-bond acceptors (Lipinski definition) is 3. The minimum Gasteiger partial charge on any atom is -0.380 e. The molecule has 88 valence electrons. The van der Waals surface area contributed by atoms with Gasteiger partial charge in [-0.05, 0) is 13.0 Å². The summed E-state index contributed by atoms with van der Waals surface area (Å²) in [5, 5.41) is 3.18. The summed E-state index contributed by atoms with van der Waals surface area (Å²) in [7, 11) is 1.58. The lowest BCUT2D eigenvalue weighted by atomic mass is 10.2. The highest BCUT2D eigenvalue weighted by molar-refractivity contribution is 6.35. The molecule has 1 aromatic heterocycles. The van der Waals surface area contributed by atoms with Crippen molar-refractivity contribution in [3.8, 4) is 0 Å². The third-order valence-corrected chi connectivity index (χ3v) is 2.53. The number of amides is 1. The van der Waals surface area contributed by atoms with E-state index < -0.39 is 0 Å². The van der Waals surface area contributed by atoms with Crippen LogP contribution in [0.2, 0.25) is 10.2 Å². The molecule has 0 aliphatic heterocycles. The molecule has 6 heteroatoms. The van der Waals surface area contributed by atoms with E-state index in [1.165, 1.54) is 12.3 Å². The Morgan fingerprint density at radius 3 is 2.94 bits per heavy atom. The van der Waals surface area contributed by atoms with Gasteiger partial charge in [-0.3, -0.25) is 4.79 Å². The van der Waals surface area contributed by atoms with Crippen LogP contribution in [0.4, 0.5) is 0 Å². The number of nitrogens with zero attached hydrogens (tertiary/aromatic N) is 1. The van der Waals surface area contributed by atoms with Gasteiger partial charge in [0.15, 0.2) is 0 Å². The molecule has 16 heavy (non-hydrogen) atoms. The highest BCUT2D eigenvalue weighted by atomic mass is 35.5. The highest BCUT2D eigenvalue weighted by Gasteiger charge is 2.12. The SMILES string of the molecule is COC(C)CNC(=O)c1cc(Cl)ncc1Cl. The van der Waals surface area contributed by atoms with Crippen LogP contribution in [0.15, 0.2) is 12.3 Å². The lowest BCUT2D eigenvalue weighted by Crippen LogP contribution is -2.31. The van der Waals surface area contributed by atoms with E-state index in [0.29, 0.717) is 12.1 Å². The molecular formula is C10H12Cl2N2O2. The van der Waals surface area contributed by atoms with Crippen LogP contribution in [0.3, 0.4) is 0 Å². The van der Waals surface area contributed by atoms with Crippen LogP contribution < -0.4 is 5.32 Å². The maximum atomic E-state index is 11.7. The molecule has 0 radical (unpaired) electrons. The minimum atomic E-state index is -0.293. The van der Waals surface area contributed by atoms with Gasteiger partial charge in [-0.1, -0.05) is 23.2 Å². The highest BCUT2D eigenvalue weighted by Crippen LogP contribution is 2.17. The second kappa shape index (κ2) is 6.03. The summed E-state index contributed by atoms with van der Waals surface area (Å²) in [5.74, 6) is -0.293. The first kappa shape index (κ1) is 13.2. The van der Waals surface area contributed by atoms with Crippen molar-refractivity contribution >= 4 is 29.1 Å². The molecule has 1 heterocycles. The van der Waals surface area contributed by atoms with Gasteiger partial charge in [0.05, 0.1) is 16.7 Å². The van der Waals surface area contributed by atoms with Gasteiger partial charge in [0, 0.05) is 19.9 Å². The Bertz CT molecular complexity index is 385. The molecule has 1 amide bonds. The van der Waals surface area contributed by atoms with Gasteiger partial charge < -0.3 is 10.1 Å². The van der Waals surface area contributed by atoms with E-state index in [2.05, 4.69) is 10.3 Å². The Morgan fingerprint density at radius 2 is 2.31 bits per heavy atom.